The number of fused-ring (bicyclic) bond motifs is 2. The number of nitrogens with zero attached hydrogens (tertiary/aromatic N) is 1. The molecule has 0 aliphatic carbocycles. The first kappa shape index (κ1) is 15.8. The third kappa shape index (κ3) is 2.80. The van der Waals surface area contributed by atoms with Crippen LogP contribution in [0.3, 0.4) is 0 Å². The van der Waals surface area contributed by atoms with E-state index in [0.717, 1.165) is 23.5 Å². The molecular weight excluding hydrogens is 338 g/mol. The lowest BCUT2D eigenvalue weighted by Gasteiger charge is -2.27. The molecule has 0 radical (unpaired) electrons. The molecule has 0 fully saturated rings. The van der Waals surface area contributed by atoms with Gasteiger partial charge in [0.2, 0.25) is 0 Å². The van der Waals surface area contributed by atoms with Crippen molar-refractivity contribution in [2.24, 2.45) is 0 Å². The van der Waals surface area contributed by atoms with Crippen LogP contribution < -0.4 is 15.4 Å². The summed E-state index contributed by atoms with van der Waals surface area (Å²) in [6.45, 7) is 1.70. The molecule has 0 spiro atoms. The summed E-state index contributed by atoms with van der Waals surface area (Å²) in [6.07, 6.45) is 1.90. The van der Waals surface area contributed by atoms with Crippen molar-refractivity contribution >= 4 is 27.5 Å². The number of hydrogen-bond acceptors (Lipinski definition) is 5. The molecule has 0 aromatic heterocycles. The zero-order valence-corrected chi connectivity index (χ0v) is 14.6. The van der Waals surface area contributed by atoms with Crippen LogP contribution in [-0.4, -0.2) is 39.5 Å². The fourth-order valence-corrected chi connectivity index (χ4v) is 4.23. The van der Waals surface area contributed by atoms with Gasteiger partial charge < -0.3 is 15.4 Å². The maximum Gasteiger partial charge on any atom is 0.264 e. The number of hydrogen-bond donors (Lipinski definition) is 2. The highest BCUT2D eigenvalue weighted by atomic mass is 32.2. The number of likely N-dealkylation sites (N-methyl/N-ethyl adjacent to an activating group) is 1. The zero-order chi connectivity index (χ0) is 17.4. The Bertz CT molecular complexity index is 954. The molecule has 6 nitrogen and oxygen atoms in total. The molecule has 2 N–H and O–H groups in total. The lowest BCUT2D eigenvalue weighted by atomic mass is 10.1. The molecule has 2 aliphatic rings. The largest absolute Gasteiger partial charge is 0.490 e. The quantitative estimate of drug-likeness (QED) is 0.884. The molecule has 2 aromatic rings. The van der Waals surface area contributed by atoms with E-state index >= 15 is 0 Å². The van der Waals surface area contributed by atoms with Crippen molar-refractivity contribution < 1.29 is 13.2 Å². The predicted molar refractivity (Wildman–Crippen MR) is 98.3 cm³/mol. The predicted octanol–water partition coefficient (Wildman–Crippen LogP) is 2.58. The third-order valence-corrected chi connectivity index (χ3v) is 6.24. The van der Waals surface area contributed by atoms with Crippen LogP contribution in [0.4, 0.5) is 11.4 Å². The molecule has 0 saturated carbocycles. The van der Waals surface area contributed by atoms with Crippen LogP contribution >= 0.6 is 0 Å². The van der Waals surface area contributed by atoms with Crippen molar-refractivity contribution in [3.8, 4) is 5.75 Å². The molecule has 0 unspecified atom stereocenters. The lowest BCUT2D eigenvalue weighted by molar-refractivity contribution is 0.322. The van der Waals surface area contributed by atoms with Gasteiger partial charge in [-0.05, 0) is 29.8 Å². The van der Waals surface area contributed by atoms with Gasteiger partial charge >= 0.3 is 0 Å². The van der Waals surface area contributed by atoms with Crippen molar-refractivity contribution in [2.75, 3.05) is 37.4 Å². The van der Waals surface area contributed by atoms with E-state index in [1.807, 2.05) is 30.3 Å². The number of sulfonamides is 1. The van der Waals surface area contributed by atoms with Crippen LogP contribution in [0.1, 0.15) is 5.56 Å². The lowest BCUT2D eigenvalue weighted by Crippen LogP contribution is -2.31. The van der Waals surface area contributed by atoms with E-state index in [4.69, 9.17) is 4.74 Å². The average molecular weight is 357 g/mol. The Balaban J connectivity index is 1.68. The molecule has 4 rings (SSSR count). The van der Waals surface area contributed by atoms with E-state index in [0.29, 0.717) is 24.6 Å². The van der Waals surface area contributed by atoms with Gasteiger partial charge in [0.1, 0.15) is 12.4 Å². The molecular formula is C18H19N3O3S. The Labute approximate surface area is 147 Å². The summed E-state index contributed by atoms with van der Waals surface area (Å²) in [5.74, 6) is 0.571. The van der Waals surface area contributed by atoms with Gasteiger partial charge in [-0.3, -0.25) is 4.31 Å². The van der Waals surface area contributed by atoms with Crippen molar-refractivity contribution in [3.05, 3.63) is 53.7 Å². The molecule has 0 saturated heterocycles. The van der Waals surface area contributed by atoms with Gasteiger partial charge in [-0.1, -0.05) is 18.2 Å². The van der Waals surface area contributed by atoms with E-state index in [1.54, 1.807) is 25.2 Å². The summed E-state index contributed by atoms with van der Waals surface area (Å²) in [5.41, 5.74) is 3.49. The second-order valence-electron chi connectivity index (χ2n) is 5.98. The van der Waals surface area contributed by atoms with Gasteiger partial charge in [-0.2, -0.15) is 0 Å². The van der Waals surface area contributed by atoms with Crippen LogP contribution in [0.15, 0.2) is 53.1 Å². The van der Waals surface area contributed by atoms with Crippen LogP contribution in [-0.2, 0) is 10.0 Å². The Kier molecular flexibility index (Phi) is 3.80. The molecule has 2 heterocycles. The number of ether oxygens (including phenoxy) is 1. The van der Waals surface area contributed by atoms with E-state index in [1.165, 1.54) is 4.31 Å². The molecule has 7 heteroatoms. The minimum Gasteiger partial charge on any atom is -0.490 e. The van der Waals surface area contributed by atoms with E-state index in [9.17, 15) is 8.42 Å². The van der Waals surface area contributed by atoms with E-state index in [-0.39, 0.29) is 4.90 Å². The Morgan fingerprint density at radius 3 is 2.80 bits per heavy atom. The highest BCUT2D eigenvalue weighted by Gasteiger charge is 2.26. The number of benzene rings is 2. The molecule has 0 bridgehead atoms. The monoisotopic (exact) mass is 357 g/mol. The summed E-state index contributed by atoms with van der Waals surface area (Å²) in [7, 11) is -2.08. The van der Waals surface area contributed by atoms with Gasteiger partial charge in [0.05, 0.1) is 17.1 Å². The molecule has 0 amide bonds. The summed E-state index contributed by atoms with van der Waals surface area (Å²) in [4.78, 5) is 0.220. The number of anilines is 2. The highest BCUT2D eigenvalue weighted by Crippen LogP contribution is 2.32. The first-order chi connectivity index (χ1) is 12.1. The minimum atomic E-state index is -3.66. The van der Waals surface area contributed by atoms with Crippen molar-refractivity contribution in [1.29, 1.82) is 0 Å². The van der Waals surface area contributed by atoms with E-state index in [2.05, 4.69) is 10.6 Å². The second-order valence-corrected chi connectivity index (χ2v) is 7.95. The standard InChI is InChI=1S/C18H19N3O3S/c1-21(14-10-13-4-2-3-5-16(13)20-12-14)25(22,23)15-6-7-17-18(11-15)24-9-8-19-17/h2-7,10-11,19-20H,8-9,12H2,1H3. The fraction of sp³-hybridized carbons (Fsp3) is 0.222. The molecule has 2 aromatic carbocycles. The number of rotatable bonds is 3. The highest BCUT2D eigenvalue weighted by molar-refractivity contribution is 7.89. The Hall–Kier alpha value is -2.67. The summed E-state index contributed by atoms with van der Waals surface area (Å²) >= 11 is 0. The smallest absolute Gasteiger partial charge is 0.264 e. The fourth-order valence-electron chi connectivity index (χ4n) is 2.99. The van der Waals surface area contributed by atoms with Crippen LogP contribution in [0.5, 0.6) is 5.75 Å². The normalized spacial score (nSPS) is 15.6. The summed E-state index contributed by atoms with van der Waals surface area (Å²) in [5, 5.41) is 6.45. The molecule has 25 heavy (non-hydrogen) atoms. The number of para-hydroxylation sites is 1. The zero-order valence-electron chi connectivity index (χ0n) is 13.8. The minimum absolute atomic E-state index is 0.220. The Morgan fingerprint density at radius 1 is 1.08 bits per heavy atom. The van der Waals surface area contributed by atoms with Crippen molar-refractivity contribution in [2.45, 2.75) is 4.90 Å². The summed E-state index contributed by atoms with van der Waals surface area (Å²) in [6, 6.07) is 12.8. The van der Waals surface area contributed by atoms with Crippen molar-refractivity contribution in [3.63, 3.8) is 0 Å². The van der Waals surface area contributed by atoms with E-state index < -0.39 is 10.0 Å². The number of nitrogens with one attached hydrogen (secondary N) is 2. The van der Waals surface area contributed by atoms with Crippen LogP contribution in [0.25, 0.3) is 6.08 Å². The average Bonchev–Trinajstić information content (AvgIpc) is 2.66. The molecule has 2 aliphatic heterocycles. The molecule has 130 valence electrons. The first-order valence-corrected chi connectivity index (χ1v) is 9.53. The Morgan fingerprint density at radius 2 is 1.92 bits per heavy atom. The van der Waals surface area contributed by atoms with Gasteiger partial charge in [-0.15, -0.1) is 0 Å². The van der Waals surface area contributed by atoms with Crippen LogP contribution in [0, 0.1) is 0 Å². The van der Waals surface area contributed by atoms with Crippen LogP contribution in [0.2, 0.25) is 0 Å². The first-order valence-electron chi connectivity index (χ1n) is 8.09. The third-order valence-electron chi connectivity index (χ3n) is 4.43. The van der Waals surface area contributed by atoms with Gasteiger partial charge in [-0.25, -0.2) is 8.42 Å². The maximum absolute atomic E-state index is 13.0. The van der Waals surface area contributed by atoms with Gasteiger partial charge in [0.25, 0.3) is 10.0 Å². The van der Waals surface area contributed by atoms with Crippen molar-refractivity contribution in [1.82, 2.24) is 4.31 Å². The molecule has 0 atom stereocenters. The maximum atomic E-state index is 13.0. The topological polar surface area (TPSA) is 70.7 Å². The van der Waals surface area contributed by atoms with Gasteiger partial charge in [0.15, 0.2) is 0 Å². The second kappa shape index (κ2) is 6.00. The van der Waals surface area contributed by atoms with Gasteiger partial charge in [0, 0.05) is 31.0 Å². The SMILES string of the molecule is CN(C1=Cc2ccccc2NC1)S(=O)(=O)c1ccc2c(c1)OCCN2. The summed E-state index contributed by atoms with van der Waals surface area (Å²) < 4.78 is 32.9.